The van der Waals surface area contributed by atoms with Crippen LogP contribution in [0.15, 0.2) is 12.1 Å². The van der Waals surface area contributed by atoms with Crippen LogP contribution < -0.4 is 0 Å². The Balaban J connectivity index is 3.22. The fourth-order valence-electron chi connectivity index (χ4n) is 0.0445. The predicted molar refractivity (Wildman–Crippen MR) is 21.9 cm³/mol. The van der Waals surface area contributed by atoms with Gasteiger partial charge in [-0.15, -0.1) is 0 Å². The lowest BCUT2D eigenvalue weighted by molar-refractivity contribution is 0.285. The minimum Gasteiger partial charge on any atom is -0.499 e. The average Bonchev–Trinajstić information content (AvgIpc) is 1.65. The Morgan fingerprint density at radius 3 is 2.33 bits per heavy atom. The van der Waals surface area contributed by atoms with Gasteiger partial charge in [-0.3, -0.25) is 0 Å². The Kier molecular flexibility index (Phi) is 2.46. The number of hydrogen-bond acceptors (Lipinski definition) is 1. The van der Waals surface area contributed by atoms with E-state index in [1.807, 2.05) is 0 Å². The largest absolute Gasteiger partial charge is 0.499 e. The zero-order valence-corrected chi connectivity index (χ0v) is 3.86. The van der Waals surface area contributed by atoms with Crippen LogP contribution in [0.25, 0.3) is 0 Å². The molecule has 0 saturated carbocycles. The highest BCUT2D eigenvalue weighted by Gasteiger charge is 1.75. The van der Waals surface area contributed by atoms with Crippen molar-refractivity contribution in [1.82, 2.24) is 0 Å². The van der Waals surface area contributed by atoms with Crippen molar-refractivity contribution in [1.29, 1.82) is 0 Å². The van der Waals surface area contributed by atoms with Crippen LogP contribution in [0.5, 0.6) is 0 Å². The second-order valence-corrected chi connectivity index (χ2v) is 0.924. The summed E-state index contributed by atoms with van der Waals surface area (Å²) in [6.07, 6.45) is 0.417. The van der Waals surface area contributed by atoms with Gasteiger partial charge >= 0.3 is 0 Å². The summed E-state index contributed by atoms with van der Waals surface area (Å²) in [6.45, 7) is 1.54. The molecule has 0 rings (SSSR count). The maximum Gasteiger partial charge on any atom is 0.124 e. The second-order valence-electron chi connectivity index (χ2n) is 0.924. The molecule has 0 bridgehead atoms. The van der Waals surface area contributed by atoms with Crippen molar-refractivity contribution in [3.63, 3.8) is 0 Å². The van der Waals surface area contributed by atoms with E-state index in [4.69, 9.17) is 0 Å². The highest BCUT2D eigenvalue weighted by Crippen LogP contribution is 1.89. The highest BCUT2D eigenvalue weighted by atomic mass is 19.1. The lowest BCUT2D eigenvalue weighted by Crippen LogP contribution is -1.73. The normalized spacial score (nSPS) is 11.5. The number of methoxy groups -OCH3 is 1. The Morgan fingerprint density at radius 1 is 1.83 bits per heavy atom. The van der Waals surface area contributed by atoms with E-state index in [1.54, 1.807) is 6.92 Å². The molecule has 6 heavy (non-hydrogen) atoms. The van der Waals surface area contributed by atoms with Gasteiger partial charge < -0.3 is 4.74 Å². The second kappa shape index (κ2) is 2.69. The molecule has 1 nitrogen and oxygen atoms in total. The van der Waals surface area contributed by atoms with Gasteiger partial charge in [0.25, 0.3) is 0 Å². The van der Waals surface area contributed by atoms with Crippen LogP contribution in [0.2, 0.25) is 0 Å². The van der Waals surface area contributed by atoms with Crippen LogP contribution in [-0.4, -0.2) is 7.11 Å². The molecule has 0 N–H and O–H groups in total. The SMILES string of the molecule is COC(C)=CF. The van der Waals surface area contributed by atoms with Gasteiger partial charge in [0.2, 0.25) is 0 Å². The van der Waals surface area contributed by atoms with Gasteiger partial charge in [-0.2, -0.15) is 0 Å². The van der Waals surface area contributed by atoms with Crippen LogP contribution in [0.1, 0.15) is 6.92 Å². The molecule has 0 heterocycles. The maximum atomic E-state index is 11.1. The summed E-state index contributed by atoms with van der Waals surface area (Å²) in [5.41, 5.74) is 0. The van der Waals surface area contributed by atoms with Gasteiger partial charge in [-0.25, -0.2) is 4.39 Å². The monoisotopic (exact) mass is 90.0 g/mol. The molecule has 0 unspecified atom stereocenters. The summed E-state index contributed by atoms with van der Waals surface area (Å²) in [6, 6.07) is 0. The number of rotatable bonds is 1. The predicted octanol–water partition coefficient (Wildman–Crippen LogP) is 1.46. The maximum absolute atomic E-state index is 11.1. The summed E-state index contributed by atoms with van der Waals surface area (Å²) >= 11 is 0. The third kappa shape index (κ3) is 1.76. The summed E-state index contributed by atoms with van der Waals surface area (Å²) in [4.78, 5) is 0. The topological polar surface area (TPSA) is 9.23 Å². The van der Waals surface area contributed by atoms with E-state index in [1.165, 1.54) is 7.11 Å². The van der Waals surface area contributed by atoms with E-state index >= 15 is 0 Å². The highest BCUT2D eigenvalue weighted by molar-refractivity contribution is 4.77. The molecule has 0 saturated heterocycles. The van der Waals surface area contributed by atoms with Crippen molar-refractivity contribution in [2.24, 2.45) is 0 Å². The van der Waals surface area contributed by atoms with Gasteiger partial charge in [0.05, 0.1) is 7.11 Å². The number of hydrogen-bond donors (Lipinski definition) is 0. The average molecular weight is 90.1 g/mol. The molecule has 0 radical (unpaired) electrons. The molecule has 0 atom stereocenters. The molecule has 0 aliphatic carbocycles. The first-order valence-electron chi connectivity index (χ1n) is 1.62. The number of ether oxygens (including phenoxy) is 1. The van der Waals surface area contributed by atoms with Crippen LogP contribution in [0.3, 0.4) is 0 Å². The smallest absolute Gasteiger partial charge is 0.124 e. The molecule has 0 aromatic carbocycles. The summed E-state index contributed by atoms with van der Waals surface area (Å²) in [7, 11) is 1.42. The van der Waals surface area contributed by atoms with E-state index in [0.29, 0.717) is 12.1 Å². The van der Waals surface area contributed by atoms with Crippen LogP contribution in [0.4, 0.5) is 4.39 Å². The quantitative estimate of drug-likeness (QED) is 0.443. The lowest BCUT2D eigenvalue weighted by atomic mass is 10.7. The fourth-order valence-corrected chi connectivity index (χ4v) is 0.0445. The third-order valence-corrected chi connectivity index (χ3v) is 0.476. The Bertz CT molecular complexity index is 58.6. The molecule has 0 fully saturated rings. The van der Waals surface area contributed by atoms with E-state index in [-0.39, 0.29) is 0 Å². The molecule has 36 valence electrons. The fraction of sp³-hybridized carbons (Fsp3) is 0.500. The molecule has 0 amide bonds. The van der Waals surface area contributed by atoms with Crippen LogP contribution >= 0.6 is 0 Å². The number of halogens is 1. The molecular formula is C4H7FO. The van der Waals surface area contributed by atoms with Crippen molar-refractivity contribution in [2.45, 2.75) is 6.92 Å². The zero-order chi connectivity index (χ0) is 4.99. The van der Waals surface area contributed by atoms with Crippen LogP contribution in [-0.2, 0) is 4.74 Å². The van der Waals surface area contributed by atoms with Gasteiger partial charge in [0, 0.05) is 0 Å². The Morgan fingerprint density at radius 2 is 2.33 bits per heavy atom. The Hall–Kier alpha value is -0.530. The van der Waals surface area contributed by atoms with Crippen molar-refractivity contribution < 1.29 is 9.13 Å². The standard InChI is InChI=1S/C4H7FO/c1-4(3-5)6-2/h3H,1-2H3. The van der Waals surface area contributed by atoms with E-state index < -0.39 is 0 Å². The molecule has 2 heteroatoms. The number of allylic oxidation sites excluding steroid dienone is 1. The summed E-state index contributed by atoms with van der Waals surface area (Å²) in [5, 5.41) is 0. The lowest BCUT2D eigenvalue weighted by Gasteiger charge is -1.89. The summed E-state index contributed by atoms with van der Waals surface area (Å²) in [5.74, 6) is 0.301. The van der Waals surface area contributed by atoms with Gasteiger partial charge in [0.15, 0.2) is 0 Å². The third-order valence-electron chi connectivity index (χ3n) is 0.476. The van der Waals surface area contributed by atoms with E-state index in [2.05, 4.69) is 4.74 Å². The van der Waals surface area contributed by atoms with Gasteiger partial charge in [0.1, 0.15) is 12.1 Å². The molecular weight excluding hydrogens is 83.0 g/mol. The van der Waals surface area contributed by atoms with E-state index in [9.17, 15) is 4.39 Å². The first kappa shape index (κ1) is 5.47. The molecule has 0 spiro atoms. The molecule has 0 aromatic heterocycles. The molecule has 0 aromatic rings. The van der Waals surface area contributed by atoms with Gasteiger partial charge in [-0.1, -0.05) is 0 Å². The Labute approximate surface area is 36.4 Å². The van der Waals surface area contributed by atoms with Crippen LogP contribution in [0, 0.1) is 0 Å². The van der Waals surface area contributed by atoms with Crippen molar-refractivity contribution in [2.75, 3.05) is 7.11 Å². The van der Waals surface area contributed by atoms with Gasteiger partial charge in [-0.05, 0) is 6.92 Å². The first-order chi connectivity index (χ1) is 2.81. The minimum atomic E-state index is 0.301. The van der Waals surface area contributed by atoms with Crippen molar-refractivity contribution in [3.05, 3.63) is 12.1 Å². The zero-order valence-electron chi connectivity index (χ0n) is 3.86. The van der Waals surface area contributed by atoms with E-state index in [0.717, 1.165) is 0 Å². The first-order valence-corrected chi connectivity index (χ1v) is 1.62. The molecule has 0 aliphatic heterocycles. The summed E-state index contributed by atoms with van der Waals surface area (Å²) < 4.78 is 15.5. The minimum absolute atomic E-state index is 0.301. The van der Waals surface area contributed by atoms with Crippen molar-refractivity contribution in [3.8, 4) is 0 Å². The molecule has 0 aliphatic rings. The van der Waals surface area contributed by atoms with Crippen molar-refractivity contribution >= 4 is 0 Å².